The molecule has 0 bridgehead atoms. The first-order valence-corrected chi connectivity index (χ1v) is 7.25. The first-order chi connectivity index (χ1) is 10.2. The second-order valence-electron chi connectivity index (χ2n) is 6.22. The highest BCUT2D eigenvalue weighted by molar-refractivity contribution is 5.95. The van der Waals surface area contributed by atoms with Crippen LogP contribution in [0.2, 0.25) is 0 Å². The third-order valence-corrected chi connectivity index (χ3v) is 3.71. The molecule has 0 saturated heterocycles. The Bertz CT molecular complexity index is 667. The average molecular weight is 301 g/mol. The van der Waals surface area contributed by atoms with Crippen molar-refractivity contribution in [2.75, 3.05) is 19.0 Å². The molecule has 0 aliphatic rings. The summed E-state index contributed by atoms with van der Waals surface area (Å²) in [6.07, 6.45) is 0. The first-order valence-electron chi connectivity index (χ1n) is 7.25. The molecule has 1 amide bonds. The fourth-order valence-corrected chi connectivity index (χ4v) is 2.72. The summed E-state index contributed by atoms with van der Waals surface area (Å²) >= 11 is 0. The van der Waals surface area contributed by atoms with Crippen LogP contribution in [0.25, 0.3) is 0 Å². The van der Waals surface area contributed by atoms with Gasteiger partial charge < -0.3 is 14.7 Å². The Morgan fingerprint density at radius 1 is 1.27 bits per heavy atom. The van der Waals surface area contributed by atoms with Crippen LogP contribution in [-0.2, 0) is 5.54 Å². The summed E-state index contributed by atoms with van der Waals surface area (Å²) in [5.41, 5.74) is 2.78. The summed E-state index contributed by atoms with van der Waals surface area (Å²) in [5, 5.41) is 7.03. The van der Waals surface area contributed by atoms with E-state index >= 15 is 0 Å². The lowest BCUT2D eigenvalue weighted by molar-refractivity contribution is 0.0911. The van der Waals surface area contributed by atoms with Crippen LogP contribution in [0.4, 0.5) is 5.69 Å². The van der Waals surface area contributed by atoms with Crippen molar-refractivity contribution in [3.63, 3.8) is 0 Å². The lowest BCUT2D eigenvalue weighted by Gasteiger charge is -2.26. The number of hydrogen-bond acceptors (Lipinski definition) is 4. The van der Waals surface area contributed by atoms with Gasteiger partial charge in [0.05, 0.1) is 11.2 Å². The van der Waals surface area contributed by atoms with E-state index in [0.717, 1.165) is 22.7 Å². The van der Waals surface area contributed by atoms with Gasteiger partial charge in [0.1, 0.15) is 5.76 Å². The van der Waals surface area contributed by atoms with E-state index in [-0.39, 0.29) is 5.91 Å². The smallest absolute Gasteiger partial charge is 0.252 e. The summed E-state index contributed by atoms with van der Waals surface area (Å²) in [6, 6.07) is 7.54. The quantitative estimate of drug-likeness (QED) is 0.943. The van der Waals surface area contributed by atoms with E-state index in [2.05, 4.69) is 10.5 Å². The number of aryl methyl sites for hydroxylation is 2. The van der Waals surface area contributed by atoms with Crippen LogP contribution >= 0.6 is 0 Å². The number of hydrogen-bond donors (Lipinski definition) is 1. The van der Waals surface area contributed by atoms with Crippen LogP contribution in [0, 0.1) is 13.8 Å². The van der Waals surface area contributed by atoms with Crippen molar-refractivity contribution in [2.24, 2.45) is 0 Å². The fourth-order valence-electron chi connectivity index (χ4n) is 2.72. The van der Waals surface area contributed by atoms with E-state index in [9.17, 15) is 4.79 Å². The van der Waals surface area contributed by atoms with Crippen LogP contribution < -0.4 is 10.2 Å². The molecule has 1 heterocycles. The molecular weight excluding hydrogens is 278 g/mol. The molecule has 5 nitrogen and oxygen atoms in total. The molecule has 1 aromatic carbocycles. The minimum Gasteiger partial charge on any atom is -0.378 e. The summed E-state index contributed by atoms with van der Waals surface area (Å²) in [5.74, 6) is 0.610. The van der Waals surface area contributed by atoms with Gasteiger partial charge in [0.15, 0.2) is 0 Å². The number of anilines is 1. The van der Waals surface area contributed by atoms with Crippen molar-refractivity contribution in [2.45, 2.75) is 33.2 Å². The topological polar surface area (TPSA) is 58.4 Å². The Hall–Kier alpha value is -2.30. The van der Waals surface area contributed by atoms with Crippen molar-refractivity contribution >= 4 is 11.6 Å². The van der Waals surface area contributed by atoms with Gasteiger partial charge in [0, 0.05) is 30.9 Å². The molecule has 2 rings (SSSR count). The van der Waals surface area contributed by atoms with Crippen molar-refractivity contribution in [1.82, 2.24) is 10.5 Å². The second-order valence-corrected chi connectivity index (χ2v) is 6.22. The van der Waals surface area contributed by atoms with Gasteiger partial charge in [-0.15, -0.1) is 0 Å². The Kier molecular flexibility index (Phi) is 4.26. The van der Waals surface area contributed by atoms with Crippen LogP contribution in [0.1, 0.15) is 41.2 Å². The molecule has 0 fully saturated rings. The maximum absolute atomic E-state index is 12.6. The number of benzene rings is 1. The van der Waals surface area contributed by atoms with Gasteiger partial charge >= 0.3 is 0 Å². The maximum Gasteiger partial charge on any atom is 0.252 e. The molecule has 0 spiro atoms. The molecule has 2 aromatic rings. The molecule has 118 valence electrons. The zero-order valence-corrected chi connectivity index (χ0v) is 14.0. The van der Waals surface area contributed by atoms with Crippen LogP contribution in [0.3, 0.4) is 0 Å². The molecule has 0 aliphatic carbocycles. The lowest BCUT2D eigenvalue weighted by Crippen LogP contribution is -2.41. The molecule has 0 aliphatic heterocycles. The summed E-state index contributed by atoms with van der Waals surface area (Å²) in [4.78, 5) is 14.5. The Labute approximate surface area is 131 Å². The molecule has 5 heteroatoms. The van der Waals surface area contributed by atoms with Crippen molar-refractivity contribution < 1.29 is 9.32 Å². The van der Waals surface area contributed by atoms with Gasteiger partial charge in [-0.2, -0.15) is 0 Å². The van der Waals surface area contributed by atoms with Crippen LogP contribution in [-0.4, -0.2) is 25.2 Å². The minimum atomic E-state index is -0.556. The normalized spacial score (nSPS) is 11.4. The standard InChI is InChI=1S/C17H23N3O2/c1-11-15(12(2)22-19-11)17(3,4)18-16(21)13-8-7-9-14(10-13)20(5)6/h7-10H,1-6H3,(H,18,21). The van der Waals surface area contributed by atoms with Crippen molar-refractivity contribution in [1.29, 1.82) is 0 Å². The molecule has 0 radical (unpaired) electrons. The van der Waals surface area contributed by atoms with Crippen LogP contribution in [0.5, 0.6) is 0 Å². The zero-order valence-electron chi connectivity index (χ0n) is 14.0. The predicted molar refractivity (Wildman–Crippen MR) is 87.2 cm³/mol. The van der Waals surface area contributed by atoms with Gasteiger partial charge in [-0.25, -0.2) is 0 Å². The van der Waals surface area contributed by atoms with E-state index in [1.165, 1.54) is 0 Å². The van der Waals surface area contributed by atoms with Crippen molar-refractivity contribution in [3.8, 4) is 0 Å². The SMILES string of the molecule is Cc1noc(C)c1C(C)(C)NC(=O)c1cccc(N(C)C)c1. The molecular formula is C17H23N3O2. The first kappa shape index (κ1) is 16.1. The summed E-state index contributed by atoms with van der Waals surface area (Å²) < 4.78 is 5.21. The zero-order chi connectivity index (χ0) is 16.5. The fraction of sp³-hybridized carbons (Fsp3) is 0.412. The highest BCUT2D eigenvalue weighted by Gasteiger charge is 2.30. The Morgan fingerprint density at radius 2 is 1.95 bits per heavy atom. The van der Waals surface area contributed by atoms with Gasteiger partial charge in [-0.3, -0.25) is 4.79 Å². The average Bonchev–Trinajstić information content (AvgIpc) is 2.78. The maximum atomic E-state index is 12.6. The predicted octanol–water partition coefficient (Wildman–Crippen LogP) is 3.02. The number of nitrogens with zero attached hydrogens (tertiary/aromatic N) is 2. The van der Waals surface area contributed by atoms with Gasteiger partial charge in [0.2, 0.25) is 0 Å². The number of nitrogens with one attached hydrogen (secondary N) is 1. The van der Waals surface area contributed by atoms with E-state index in [4.69, 9.17) is 4.52 Å². The monoisotopic (exact) mass is 301 g/mol. The molecule has 1 aromatic heterocycles. The minimum absolute atomic E-state index is 0.117. The number of carbonyl (C=O) groups is 1. The lowest BCUT2D eigenvalue weighted by atomic mass is 9.92. The number of amides is 1. The van der Waals surface area contributed by atoms with Crippen molar-refractivity contribution in [3.05, 3.63) is 46.8 Å². The van der Waals surface area contributed by atoms with Crippen LogP contribution in [0.15, 0.2) is 28.8 Å². The Balaban J connectivity index is 2.26. The second kappa shape index (κ2) is 5.83. The molecule has 0 saturated carbocycles. The van der Waals surface area contributed by atoms with E-state index < -0.39 is 5.54 Å². The van der Waals surface area contributed by atoms with Gasteiger partial charge in [0.25, 0.3) is 5.91 Å². The van der Waals surface area contributed by atoms with E-state index in [1.54, 1.807) is 0 Å². The van der Waals surface area contributed by atoms with E-state index in [0.29, 0.717) is 5.56 Å². The highest BCUT2D eigenvalue weighted by atomic mass is 16.5. The van der Waals surface area contributed by atoms with Gasteiger partial charge in [-0.05, 0) is 45.9 Å². The van der Waals surface area contributed by atoms with Gasteiger partial charge in [-0.1, -0.05) is 11.2 Å². The summed E-state index contributed by atoms with van der Waals surface area (Å²) in [6.45, 7) is 7.64. The molecule has 22 heavy (non-hydrogen) atoms. The number of aromatic nitrogens is 1. The van der Waals surface area contributed by atoms with E-state index in [1.807, 2.05) is 71.0 Å². The number of carbonyl (C=O) groups excluding carboxylic acids is 1. The summed E-state index contributed by atoms with van der Waals surface area (Å²) in [7, 11) is 3.90. The number of rotatable bonds is 4. The molecule has 0 atom stereocenters. The molecule has 1 N–H and O–H groups in total. The molecule has 0 unspecified atom stereocenters. The highest BCUT2D eigenvalue weighted by Crippen LogP contribution is 2.27. The third-order valence-electron chi connectivity index (χ3n) is 3.71. The third kappa shape index (κ3) is 3.13. The largest absolute Gasteiger partial charge is 0.378 e. The Morgan fingerprint density at radius 3 is 2.50 bits per heavy atom.